The molecule has 1 unspecified atom stereocenters. The summed E-state index contributed by atoms with van der Waals surface area (Å²) >= 11 is 0. The monoisotopic (exact) mass is 299 g/mol. The van der Waals surface area contributed by atoms with Crippen molar-refractivity contribution >= 4 is 22.9 Å². The normalized spacial score (nSPS) is 21.4. The molecule has 0 fully saturated rings. The summed E-state index contributed by atoms with van der Waals surface area (Å²) in [5.41, 5.74) is 3.59. The van der Waals surface area contributed by atoms with Crippen LogP contribution in [0.5, 0.6) is 0 Å². The fraction of sp³-hybridized carbons (Fsp3) is 0.389. The van der Waals surface area contributed by atoms with Crippen molar-refractivity contribution in [3.8, 4) is 0 Å². The Balaban J connectivity index is 2.24. The van der Waals surface area contributed by atoms with E-state index in [2.05, 4.69) is 23.2 Å². The first-order chi connectivity index (χ1) is 10.6. The molecule has 0 spiro atoms. The number of H-pyrrole nitrogens is 1. The lowest BCUT2D eigenvalue weighted by molar-refractivity contribution is -0.148. The predicted molar refractivity (Wildman–Crippen MR) is 86.9 cm³/mol. The third-order valence-corrected chi connectivity index (χ3v) is 4.51. The zero-order valence-corrected chi connectivity index (χ0v) is 13.0. The van der Waals surface area contributed by atoms with Gasteiger partial charge in [0, 0.05) is 5.39 Å². The SMILES string of the molecule is C/C=C/c1cccc2c3c([nH]c12)C(CC)(CC(=O)O)OCC3. The van der Waals surface area contributed by atoms with Gasteiger partial charge in [0.25, 0.3) is 0 Å². The minimum absolute atomic E-state index is 0.0116. The lowest BCUT2D eigenvalue weighted by Crippen LogP contribution is -2.37. The fourth-order valence-corrected chi connectivity index (χ4v) is 3.47. The molecule has 2 aromatic rings. The van der Waals surface area contributed by atoms with Crippen LogP contribution in [0, 0.1) is 0 Å². The van der Waals surface area contributed by atoms with Crippen LogP contribution in [-0.2, 0) is 21.6 Å². The number of nitrogens with one attached hydrogen (secondary N) is 1. The second-order valence-electron chi connectivity index (χ2n) is 5.77. The summed E-state index contributed by atoms with van der Waals surface area (Å²) in [4.78, 5) is 14.8. The smallest absolute Gasteiger partial charge is 0.306 e. The van der Waals surface area contributed by atoms with E-state index in [4.69, 9.17) is 4.74 Å². The Bertz CT molecular complexity index is 744. The molecule has 116 valence electrons. The zero-order chi connectivity index (χ0) is 15.7. The van der Waals surface area contributed by atoms with Crippen molar-refractivity contribution < 1.29 is 14.6 Å². The molecule has 4 nitrogen and oxygen atoms in total. The third kappa shape index (κ3) is 2.24. The van der Waals surface area contributed by atoms with Crippen molar-refractivity contribution in [1.29, 1.82) is 0 Å². The maximum Gasteiger partial charge on any atom is 0.306 e. The minimum atomic E-state index is -0.831. The number of aromatic amines is 1. The first-order valence-corrected chi connectivity index (χ1v) is 7.74. The van der Waals surface area contributed by atoms with Gasteiger partial charge >= 0.3 is 5.97 Å². The average molecular weight is 299 g/mol. The quantitative estimate of drug-likeness (QED) is 0.901. The van der Waals surface area contributed by atoms with Gasteiger partial charge in [-0.15, -0.1) is 0 Å². The molecule has 1 aromatic heterocycles. The molecule has 4 heteroatoms. The van der Waals surface area contributed by atoms with E-state index in [0.29, 0.717) is 13.0 Å². The van der Waals surface area contributed by atoms with Gasteiger partial charge in [0.2, 0.25) is 0 Å². The Morgan fingerprint density at radius 3 is 3.00 bits per heavy atom. The highest BCUT2D eigenvalue weighted by atomic mass is 16.5. The molecule has 1 aliphatic rings. The number of carboxylic acid groups (broad SMARTS) is 1. The largest absolute Gasteiger partial charge is 0.481 e. The van der Waals surface area contributed by atoms with Gasteiger partial charge in [0.1, 0.15) is 5.60 Å². The second kappa shape index (κ2) is 5.61. The van der Waals surface area contributed by atoms with Gasteiger partial charge in [-0.1, -0.05) is 37.3 Å². The van der Waals surface area contributed by atoms with Crippen LogP contribution in [0.1, 0.15) is 43.5 Å². The van der Waals surface area contributed by atoms with Gasteiger partial charge in [0.15, 0.2) is 0 Å². The molecular formula is C18H21NO3. The Labute approximate surface area is 129 Å². The Kier molecular flexibility index (Phi) is 3.79. The molecular weight excluding hydrogens is 278 g/mol. The molecule has 0 bridgehead atoms. The highest BCUT2D eigenvalue weighted by Crippen LogP contribution is 2.42. The van der Waals surface area contributed by atoms with E-state index in [1.54, 1.807) is 0 Å². The number of aliphatic carboxylic acids is 1. The number of allylic oxidation sites excluding steroid dienone is 1. The van der Waals surface area contributed by atoms with E-state index < -0.39 is 11.6 Å². The Morgan fingerprint density at radius 2 is 2.32 bits per heavy atom. The van der Waals surface area contributed by atoms with E-state index in [-0.39, 0.29) is 6.42 Å². The van der Waals surface area contributed by atoms with Gasteiger partial charge < -0.3 is 14.8 Å². The van der Waals surface area contributed by atoms with Crippen LogP contribution in [0.3, 0.4) is 0 Å². The average Bonchev–Trinajstić information content (AvgIpc) is 2.88. The standard InChI is InChI=1S/C18H21NO3/c1-3-6-12-7-5-8-13-14-9-10-22-18(4-2,11-15(20)21)17(14)19-16(12)13/h3,5-8,19H,4,9-11H2,1-2H3,(H,20,21)/b6-3+. The van der Waals surface area contributed by atoms with Crippen LogP contribution in [0.15, 0.2) is 24.3 Å². The summed E-state index contributed by atoms with van der Waals surface area (Å²) in [6, 6.07) is 6.21. The molecule has 22 heavy (non-hydrogen) atoms. The van der Waals surface area contributed by atoms with Gasteiger partial charge in [-0.25, -0.2) is 0 Å². The molecule has 1 atom stereocenters. The van der Waals surface area contributed by atoms with E-state index in [0.717, 1.165) is 23.2 Å². The van der Waals surface area contributed by atoms with Crippen molar-refractivity contribution in [3.05, 3.63) is 41.1 Å². The first kappa shape index (κ1) is 14.9. The van der Waals surface area contributed by atoms with E-state index in [9.17, 15) is 9.90 Å². The van der Waals surface area contributed by atoms with E-state index >= 15 is 0 Å². The van der Waals surface area contributed by atoms with Gasteiger partial charge in [-0.2, -0.15) is 0 Å². The van der Waals surface area contributed by atoms with Crippen LogP contribution in [0.2, 0.25) is 0 Å². The maximum atomic E-state index is 11.3. The molecule has 0 radical (unpaired) electrons. The van der Waals surface area contributed by atoms with E-state index in [1.807, 2.05) is 26.0 Å². The van der Waals surface area contributed by atoms with Crippen molar-refractivity contribution in [2.45, 2.75) is 38.7 Å². The van der Waals surface area contributed by atoms with Gasteiger partial charge in [-0.05, 0) is 30.9 Å². The number of aromatic nitrogens is 1. The number of hydrogen-bond acceptors (Lipinski definition) is 2. The number of fused-ring (bicyclic) bond motifs is 3. The van der Waals surface area contributed by atoms with Crippen LogP contribution in [-0.4, -0.2) is 22.7 Å². The summed E-state index contributed by atoms with van der Waals surface area (Å²) in [5, 5.41) is 10.5. The lowest BCUT2D eigenvalue weighted by Gasteiger charge is -2.35. The molecule has 0 amide bonds. The van der Waals surface area contributed by atoms with Gasteiger partial charge in [-0.3, -0.25) is 4.79 Å². The van der Waals surface area contributed by atoms with Crippen LogP contribution in [0.4, 0.5) is 0 Å². The van der Waals surface area contributed by atoms with Crippen LogP contribution >= 0.6 is 0 Å². The van der Waals surface area contributed by atoms with Crippen molar-refractivity contribution in [3.63, 3.8) is 0 Å². The molecule has 0 aliphatic carbocycles. The highest BCUT2D eigenvalue weighted by molar-refractivity contribution is 5.92. The second-order valence-corrected chi connectivity index (χ2v) is 5.77. The third-order valence-electron chi connectivity index (χ3n) is 4.51. The highest BCUT2D eigenvalue weighted by Gasteiger charge is 2.40. The number of para-hydroxylation sites is 1. The summed E-state index contributed by atoms with van der Waals surface area (Å²) in [7, 11) is 0. The Hall–Kier alpha value is -2.07. The summed E-state index contributed by atoms with van der Waals surface area (Å²) in [5.74, 6) is -0.831. The molecule has 2 N–H and O–H groups in total. The van der Waals surface area contributed by atoms with Crippen molar-refractivity contribution in [1.82, 2.24) is 4.98 Å². The summed E-state index contributed by atoms with van der Waals surface area (Å²) < 4.78 is 5.95. The van der Waals surface area contributed by atoms with Crippen molar-refractivity contribution in [2.24, 2.45) is 0 Å². The summed E-state index contributed by atoms with van der Waals surface area (Å²) in [6.07, 6.45) is 5.52. The van der Waals surface area contributed by atoms with Crippen LogP contribution < -0.4 is 0 Å². The number of hydrogen-bond donors (Lipinski definition) is 2. The minimum Gasteiger partial charge on any atom is -0.481 e. The first-order valence-electron chi connectivity index (χ1n) is 7.74. The van der Waals surface area contributed by atoms with Gasteiger partial charge in [0.05, 0.1) is 24.2 Å². The zero-order valence-electron chi connectivity index (χ0n) is 13.0. The number of carbonyl (C=O) groups is 1. The van der Waals surface area contributed by atoms with E-state index in [1.165, 1.54) is 10.9 Å². The molecule has 1 aliphatic heterocycles. The number of carboxylic acids is 1. The molecule has 0 saturated heterocycles. The maximum absolute atomic E-state index is 11.3. The number of ether oxygens (including phenoxy) is 1. The topological polar surface area (TPSA) is 62.3 Å². The van der Waals surface area contributed by atoms with Crippen LogP contribution in [0.25, 0.3) is 17.0 Å². The summed E-state index contributed by atoms with van der Waals surface area (Å²) in [6.45, 7) is 4.54. The van der Waals surface area contributed by atoms with Crippen molar-refractivity contribution in [2.75, 3.05) is 6.61 Å². The predicted octanol–water partition coefficient (Wildman–Crippen LogP) is 3.85. The fourth-order valence-electron chi connectivity index (χ4n) is 3.47. The number of benzene rings is 1. The molecule has 1 aromatic carbocycles. The molecule has 3 rings (SSSR count). The molecule has 2 heterocycles. The molecule has 0 saturated carbocycles. The lowest BCUT2D eigenvalue weighted by atomic mass is 9.86. The Morgan fingerprint density at radius 1 is 1.50 bits per heavy atom. The number of rotatable bonds is 4.